The van der Waals surface area contributed by atoms with Gasteiger partial charge in [-0.15, -0.1) is 0 Å². The number of rotatable bonds is 7. The van der Waals surface area contributed by atoms with Gasteiger partial charge in [-0.3, -0.25) is 9.59 Å². The zero-order valence-electron chi connectivity index (χ0n) is 18.1. The number of para-hydroxylation sites is 1. The van der Waals surface area contributed by atoms with Crippen molar-refractivity contribution in [1.29, 1.82) is 0 Å². The Balaban J connectivity index is 1.76. The molecule has 0 radical (unpaired) electrons. The van der Waals surface area contributed by atoms with Crippen LogP contribution in [0.2, 0.25) is 0 Å². The van der Waals surface area contributed by atoms with Crippen molar-refractivity contribution in [3.8, 4) is 5.75 Å². The Morgan fingerprint density at radius 1 is 1.22 bits per heavy atom. The summed E-state index contributed by atoms with van der Waals surface area (Å²) in [6.07, 6.45) is 2.99. The van der Waals surface area contributed by atoms with Crippen LogP contribution in [0.3, 0.4) is 0 Å². The van der Waals surface area contributed by atoms with Gasteiger partial charge in [-0.1, -0.05) is 32.0 Å². The van der Waals surface area contributed by atoms with E-state index in [-0.39, 0.29) is 37.4 Å². The number of amides is 2. The maximum Gasteiger partial charge on any atom is 0.247 e. The Kier molecular flexibility index (Phi) is 6.34. The summed E-state index contributed by atoms with van der Waals surface area (Å²) in [6.45, 7) is 3.73. The first-order chi connectivity index (χ1) is 15.4. The molecule has 4 unspecified atom stereocenters. The van der Waals surface area contributed by atoms with Crippen LogP contribution in [0.25, 0.3) is 0 Å². The average molecular weight is 440 g/mol. The second kappa shape index (κ2) is 9.18. The minimum absolute atomic E-state index is 0.104. The molecular formula is C24H28N2O6. The number of fused-ring (bicyclic) bond motifs is 3. The molecule has 2 amide bonds. The second-order valence-corrected chi connectivity index (χ2v) is 8.43. The molecule has 2 aliphatic rings. The summed E-state index contributed by atoms with van der Waals surface area (Å²) in [5, 5.41) is 23.2. The van der Waals surface area contributed by atoms with Gasteiger partial charge in [0, 0.05) is 35.7 Å². The molecule has 0 spiro atoms. The van der Waals surface area contributed by atoms with Crippen LogP contribution in [0.5, 0.6) is 5.75 Å². The lowest BCUT2D eigenvalue weighted by molar-refractivity contribution is -0.141. The molecule has 1 aliphatic heterocycles. The number of furan rings is 1. The first-order valence-corrected chi connectivity index (χ1v) is 10.8. The molecule has 1 aromatic carbocycles. The molecule has 2 aromatic rings. The van der Waals surface area contributed by atoms with Crippen molar-refractivity contribution >= 4 is 11.8 Å². The topological polar surface area (TPSA) is 112 Å². The van der Waals surface area contributed by atoms with E-state index in [1.165, 1.54) is 6.26 Å². The van der Waals surface area contributed by atoms with Crippen LogP contribution < -0.4 is 10.1 Å². The lowest BCUT2D eigenvalue weighted by atomic mass is 9.77. The van der Waals surface area contributed by atoms with Gasteiger partial charge in [0.2, 0.25) is 11.8 Å². The molecule has 4 atom stereocenters. The highest BCUT2D eigenvalue weighted by molar-refractivity contribution is 5.96. The number of aliphatic hydroxyl groups excluding tert-OH is 2. The highest BCUT2D eigenvalue weighted by atomic mass is 16.5. The van der Waals surface area contributed by atoms with E-state index in [1.54, 1.807) is 43.2 Å². The molecule has 3 N–H and O–H groups in total. The van der Waals surface area contributed by atoms with Crippen LogP contribution >= 0.6 is 0 Å². The fraction of sp³-hybridized carbons (Fsp3) is 0.417. The Bertz CT molecular complexity index is 1000. The van der Waals surface area contributed by atoms with Crippen LogP contribution in [0, 0.1) is 5.92 Å². The van der Waals surface area contributed by atoms with Crippen molar-refractivity contribution in [2.45, 2.75) is 44.6 Å². The molecule has 32 heavy (non-hydrogen) atoms. The first-order valence-electron chi connectivity index (χ1n) is 10.8. The van der Waals surface area contributed by atoms with E-state index < -0.39 is 24.2 Å². The summed E-state index contributed by atoms with van der Waals surface area (Å²) in [4.78, 5) is 27.8. The smallest absolute Gasteiger partial charge is 0.247 e. The Morgan fingerprint density at radius 2 is 2.00 bits per heavy atom. The summed E-state index contributed by atoms with van der Waals surface area (Å²) in [5.74, 6) is -0.684. The lowest BCUT2D eigenvalue weighted by Gasteiger charge is -2.41. The molecule has 1 aliphatic carbocycles. The number of carbonyl (C=O) groups excluding carboxylic acids is 2. The molecule has 0 saturated carbocycles. The average Bonchev–Trinajstić information content (AvgIpc) is 3.44. The van der Waals surface area contributed by atoms with Gasteiger partial charge in [-0.25, -0.2) is 0 Å². The van der Waals surface area contributed by atoms with Crippen LogP contribution in [-0.4, -0.2) is 58.3 Å². The van der Waals surface area contributed by atoms with E-state index in [9.17, 15) is 14.7 Å². The second-order valence-electron chi connectivity index (χ2n) is 8.43. The van der Waals surface area contributed by atoms with Gasteiger partial charge in [0.1, 0.15) is 18.0 Å². The van der Waals surface area contributed by atoms with Crippen molar-refractivity contribution in [3.63, 3.8) is 0 Å². The van der Waals surface area contributed by atoms with Crippen molar-refractivity contribution in [2.24, 2.45) is 5.92 Å². The van der Waals surface area contributed by atoms with Gasteiger partial charge < -0.3 is 29.6 Å². The molecule has 1 aromatic heterocycles. The first kappa shape index (κ1) is 22.1. The summed E-state index contributed by atoms with van der Waals surface area (Å²) in [6, 6.07) is 8.37. The number of hydrogen-bond donors (Lipinski definition) is 3. The molecule has 0 saturated heterocycles. The Morgan fingerprint density at radius 3 is 2.69 bits per heavy atom. The number of hydrogen-bond acceptors (Lipinski definition) is 6. The highest BCUT2D eigenvalue weighted by Crippen LogP contribution is 2.47. The number of aliphatic hydroxyl groups is 2. The van der Waals surface area contributed by atoms with Crippen molar-refractivity contribution in [1.82, 2.24) is 10.2 Å². The zero-order valence-corrected chi connectivity index (χ0v) is 18.1. The summed E-state index contributed by atoms with van der Waals surface area (Å²) in [7, 11) is 0. The van der Waals surface area contributed by atoms with E-state index in [4.69, 9.17) is 14.3 Å². The molecule has 0 fully saturated rings. The van der Waals surface area contributed by atoms with Crippen LogP contribution in [0.15, 0.2) is 58.9 Å². The summed E-state index contributed by atoms with van der Waals surface area (Å²) >= 11 is 0. The van der Waals surface area contributed by atoms with Gasteiger partial charge in [-0.2, -0.15) is 0 Å². The van der Waals surface area contributed by atoms with Gasteiger partial charge in [0.15, 0.2) is 0 Å². The van der Waals surface area contributed by atoms with E-state index in [0.717, 1.165) is 11.1 Å². The Labute approximate surface area is 186 Å². The highest BCUT2D eigenvalue weighted by Gasteiger charge is 2.50. The standard InChI is InChI=1S/C24H28N2O6/c1-14(2)24(30)26(12-15-7-10-31-13-15)18-11-17(23(29)25-8-9-27)20-16-5-3-4-6-19(16)32-22(20)21(18)28/h3-7,10-11,13-14,18,20-22,27-28H,8-9,12H2,1-2H3,(H,25,29). The predicted octanol–water partition coefficient (Wildman–Crippen LogP) is 1.59. The molecule has 2 heterocycles. The van der Waals surface area contributed by atoms with Crippen LogP contribution in [0.1, 0.15) is 30.9 Å². The maximum absolute atomic E-state index is 13.2. The fourth-order valence-electron chi connectivity index (χ4n) is 4.43. The van der Waals surface area contributed by atoms with Crippen LogP contribution in [-0.2, 0) is 16.1 Å². The molecular weight excluding hydrogens is 412 g/mol. The SMILES string of the molecule is CC(C)C(=O)N(Cc1ccoc1)C1C=C(C(=O)NCCO)C2c3ccccc3OC2C1O. The third-order valence-corrected chi connectivity index (χ3v) is 5.95. The van der Waals surface area contributed by atoms with Gasteiger partial charge >= 0.3 is 0 Å². The summed E-state index contributed by atoms with van der Waals surface area (Å²) < 4.78 is 11.2. The van der Waals surface area contributed by atoms with E-state index in [2.05, 4.69) is 5.32 Å². The quantitative estimate of drug-likeness (QED) is 0.603. The third kappa shape index (κ3) is 4.03. The lowest BCUT2D eigenvalue weighted by Crippen LogP contribution is -2.56. The largest absolute Gasteiger partial charge is 0.486 e. The van der Waals surface area contributed by atoms with Gasteiger partial charge in [0.25, 0.3) is 0 Å². The number of ether oxygens (including phenoxy) is 1. The number of carbonyl (C=O) groups is 2. The number of nitrogens with one attached hydrogen (secondary N) is 1. The fourth-order valence-corrected chi connectivity index (χ4v) is 4.43. The predicted molar refractivity (Wildman–Crippen MR) is 116 cm³/mol. The molecule has 8 heteroatoms. The minimum atomic E-state index is -1.05. The number of nitrogens with zero attached hydrogens (tertiary/aromatic N) is 1. The number of benzene rings is 1. The van der Waals surface area contributed by atoms with E-state index in [0.29, 0.717) is 11.3 Å². The maximum atomic E-state index is 13.2. The van der Waals surface area contributed by atoms with Crippen molar-refractivity contribution in [3.05, 3.63) is 65.6 Å². The Hall–Kier alpha value is -3.10. The summed E-state index contributed by atoms with van der Waals surface area (Å²) in [5.41, 5.74) is 2.01. The minimum Gasteiger partial charge on any atom is -0.486 e. The normalized spacial score (nSPS) is 23.7. The van der Waals surface area contributed by atoms with Crippen LogP contribution in [0.4, 0.5) is 0 Å². The molecule has 4 rings (SSSR count). The molecule has 8 nitrogen and oxygen atoms in total. The molecule has 0 bridgehead atoms. The van der Waals surface area contributed by atoms with E-state index in [1.807, 2.05) is 18.2 Å². The monoisotopic (exact) mass is 440 g/mol. The van der Waals surface area contributed by atoms with Gasteiger partial charge in [0.05, 0.1) is 31.1 Å². The van der Waals surface area contributed by atoms with Crippen molar-refractivity contribution < 1.29 is 29.0 Å². The van der Waals surface area contributed by atoms with Crippen molar-refractivity contribution in [2.75, 3.05) is 13.2 Å². The van der Waals surface area contributed by atoms with Gasteiger partial charge in [-0.05, 0) is 18.2 Å². The zero-order chi connectivity index (χ0) is 22.8. The third-order valence-electron chi connectivity index (χ3n) is 5.95. The molecule has 170 valence electrons. The van der Waals surface area contributed by atoms with E-state index >= 15 is 0 Å².